The van der Waals surface area contributed by atoms with Gasteiger partial charge in [0.25, 0.3) is 0 Å². The number of H-pyrrole nitrogens is 1. The fourth-order valence-corrected chi connectivity index (χ4v) is 3.10. The molecular formula is C16H11NO3S2. The van der Waals surface area contributed by atoms with E-state index in [0.29, 0.717) is 15.5 Å². The number of benzene rings is 1. The average Bonchev–Trinajstić information content (AvgIpc) is 3.06. The van der Waals surface area contributed by atoms with E-state index in [-0.39, 0.29) is 5.56 Å². The van der Waals surface area contributed by atoms with Gasteiger partial charge in [0.2, 0.25) is 0 Å². The lowest BCUT2D eigenvalue weighted by Gasteiger charge is -1.98. The lowest BCUT2D eigenvalue weighted by Crippen LogP contribution is -2.18. The number of thiazole rings is 1. The molecule has 0 fully saturated rings. The van der Waals surface area contributed by atoms with E-state index >= 15 is 0 Å². The first-order valence-corrected chi connectivity index (χ1v) is 7.59. The summed E-state index contributed by atoms with van der Waals surface area (Å²) in [5, 5.41) is 9.66. The Morgan fingerprint density at radius 3 is 2.59 bits per heavy atom. The van der Waals surface area contributed by atoms with Gasteiger partial charge in [0.15, 0.2) is 3.95 Å². The maximum atomic E-state index is 10.8. The van der Waals surface area contributed by atoms with Crippen molar-refractivity contribution in [2.75, 3.05) is 0 Å². The van der Waals surface area contributed by atoms with Crippen molar-refractivity contribution in [3.8, 4) is 11.3 Å². The van der Waals surface area contributed by atoms with Gasteiger partial charge >= 0.3 is 5.97 Å². The van der Waals surface area contributed by atoms with Crippen molar-refractivity contribution in [2.45, 2.75) is 0 Å². The van der Waals surface area contributed by atoms with E-state index in [4.69, 9.17) is 21.7 Å². The summed E-state index contributed by atoms with van der Waals surface area (Å²) in [5.41, 5.74) is 1.07. The van der Waals surface area contributed by atoms with Gasteiger partial charge < -0.3 is 14.5 Å². The fourth-order valence-electron chi connectivity index (χ4n) is 1.98. The number of aromatic amines is 1. The van der Waals surface area contributed by atoms with Crippen LogP contribution in [-0.2, 0) is 0 Å². The summed E-state index contributed by atoms with van der Waals surface area (Å²) in [4.78, 5) is 13.8. The number of nitrogens with one attached hydrogen (secondary N) is 1. The molecule has 6 heteroatoms. The van der Waals surface area contributed by atoms with Crippen LogP contribution >= 0.6 is 23.6 Å². The highest BCUT2D eigenvalue weighted by atomic mass is 32.1. The maximum absolute atomic E-state index is 10.8. The minimum Gasteiger partial charge on any atom is -0.478 e. The van der Waals surface area contributed by atoms with E-state index < -0.39 is 5.97 Å². The second-order valence-electron chi connectivity index (χ2n) is 4.59. The third-order valence-corrected chi connectivity index (χ3v) is 4.29. The Labute approximate surface area is 134 Å². The smallest absolute Gasteiger partial charge is 0.335 e. The minimum atomic E-state index is -0.948. The molecule has 3 aromatic rings. The zero-order valence-corrected chi connectivity index (χ0v) is 13.0. The van der Waals surface area contributed by atoms with Crippen LogP contribution in [0, 0.1) is 3.95 Å². The zero-order chi connectivity index (χ0) is 15.7. The molecule has 0 spiro atoms. The fraction of sp³-hybridized carbons (Fsp3) is 0. The van der Waals surface area contributed by atoms with Gasteiger partial charge in [-0.15, -0.1) is 11.3 Å². The first-order chi connectivity index (χ1) is 10.5. The monoisotopic (exact) mass is 329 g/mol. The Morgan fingerprint density at radius 2 is 2.00 bits per heavy atom. The standard InChI is InChI=1S/C16H11NO3S2/c1-9-14(22-16(21)17-9)8-12-6-7-13(20-12)10-2-4-11(5-3-10)15(18)19/h2-8H,1H2,(H,17,21)(H,18,19)/b14-8+. The Morgan fingerprint density at radius 1 is 1.27 bits per heavy atom. The highest BCUT2D eigenvalue weighted by Gasteiger charge is 2.06. The molecule has 22 heavy (non-hydrogen) atoms. The number of furan rings is 1. The van der Waals surface area contributed by atoms with E-state index in [1.54, 1.807) is 24.3 Å². The predicted molar refractivity (Wildman–Crippen MR) is 88.9 cm³/mol. The first-order valence-electron chi connectivity index (χ1n) is 6.36. The van der Waals surface area contributed by atoms with E-state index in [9.17, 15) is 4.79 Å². The number of aromatic nitrogens is 1. The van der Waals surface area contributed by atoms with Crippen LogP contribution in [-0.4, -0.2) is 16.1 Å². The summed E-state index contributed by atoms with van der Waals surface area (Å²) in [6.07, 6.45) is 1.87. The third kappa shape index (κ3) is 2.93. The summed E-state index contributed by atoms with van der Waals surface area (Å²) in [5.74, 6) is 0.414. The van der Waals surface area contributed by atoms with Crippen LogP contribution < -0.4 is 9.88 Å². The molecule has 0 bridgehead atoms. The molecular weight excluding hydrogens is 318 g/mol. The number of hydrogen-bond acceptors (Lipinski definition) is 4. The largest absolute Gasteiger partial charge is 0.478 e. The van der Waals surface area contributed by atoms with Crippen molar-refractivity contribution in [3.05, 3.63) is 61.6 Å². The number of hydrogen-bond donors (Lipinski definition) is 2. The van der Waals surface area contributed by atoms with Crippen LogP contribution in [0.2, 0.25) is 0 Å². The summed E-state index contributed by atoms with van der Waals surface area (Å²) in [7, 11) is 0. The highest BCUT2D eigenvalue weighted by molar-refractivity contribution is 7.73. The summed E-state index contributed by atoms with van der Waals surface area (Å²) in [6.45, 7) is 3.89. The number of rotatable bonds is 3. The van der Waals surface area contributed by atoms with Gasteiger partial charge in [-0.3, -0.25) is 0 Å². The van der Waals surface area contributed by atoms with E-state index in [1.165, 1.54) is 11.3 Å². The summed E-state index contributed by atoms with van der Waals surface area (Å²) in [6, 6.07) is 10.2. The van der Waals surface area contributed by atoms with Gasteiger partial charge in [-0.05, 0) is 36.5 Å². The first kappa shape index (κ1) is 14.5. The molecule has 1 aromatic carbocycles. The molecule has 2 aromatic heterocycles. The lowest BCUT2D eigenvalue weighted by molar-refractivity contribution is 0.0697. The molecule has 3 rings (SSSR count). The third-order valence-electron chi connectivity index (χ3n) is 3.07. The predicted octanol–water partition coefficient (Wildman–Crippen LogP) is 3.00. The zero-order valence-electron chi connectivity index (χ0n) is 11.3. The van der Waals surface area contributed by atoms with Crippen LogP contribution in [0.1, 0.15) is 16.1 Å². The van der Waals surface area contributed by atoms with Gasteiger partial charge in [-0.2, -0.15) is 0 Å². The van der Waals surface area contributed by atoms with Crippen molar-refractivity contribution in [3.63, 3.8) is 0 Å². The molecule has 0 amide bonds. The summed E-state index contributed by atoms with van der Waals surface area (Å²) < 4.78 is 7.36. The van der Waals surface area contributed by atoms with Gasteiger partial charge in [-0.25, -0.2) is 4.79 Å². The molecule has 0 aliphatic carbocycles. The van der Waals surface area contributed by atoms with Crippen LogP contribution in [0.25, 0.3) is 24.0 Å². The van der Waals surface area contributed by atoms with Crippen molar-refractivity contribution in [1.82, 2.24) is 4.98 Å². The molecule has 0 atom stereocenters. The molecule has 0 aliphatic rings. The number of carboxylic acid groups (broad SMARTS) is 1. The number of aromatic carboxylic acids is 1. The van der Waals surface area contributed by atoms with Crippen LogP contribution in [0.5, 0.6) is 0 Å². The maximum Gasteiger partial charge on any atom is 0.335 e. The highest BCUT2D eigenvalue weighted by Crippen LogP contribution is 2.23. The van der Waals surface area contributed by atoms with Crippen molar-refractivity contribution in [1.29, 1.82) is 0 Å². The number of carbonyl (C=O) groups is 1. The molecule has 110 valence electrons. The minimum absolute atomic E-state index is 0.246. The SMILES string of the molecule is C=c1[nH]c(=S)s/c1=C/c1ccc(-c2ccc(C(=O)O)cc2)o1. The Bertz CT molecular complexity index is 993. The van der Waals surface area contributed by atoms with Crippen LogP contribution in [0.15, 0.2) is 40.8 Å². The molecule has 0 unspecified atom stereocenters. The quantitative estimate of drug-likeness (QED) is 0.725. The average molecular weight is 329 g/mol. The van der Waals surface area contributed by atoms with E-state index in [0.717, 1.165) is 15.4 Å². The van der Waals surface area contributed by atoms with Gasteiger partial charge in [0.1, 0.15) is 11.5 Å². The van der Waals surface area contributed by atoms with Crippen LogP contribution in [0.4, 0.5) is 0 Å². The van der Waals surface area contributed by atoms with Crippen molar-refractivity contribution in [2.24, 2.45) is 0 Å². The summed E-state index contributed by atoms with van der Waals surface area (Å²) >= 11 is 6.51. The lowest BCUT2D eigenvalue weighted by atomic mass is 10.1. The van der Waals surface area contributed by atoms with E-state index in [1.807, 2.05) is 18.2 Å². The second-order valence-corrected chi connectivity index (χ2v) is 6.31. The van der Waals surface area contributed by atoms with Crippen molar-refractivity contribution >= 4 is 42.2 Å². The van der Waals surface area contributed by atoms with E-state index in [2.05, 4.69) is 11.6 Å². The Hall–Kier alpha value is -2.44. The van der Waals surface area contributed by atoms with Gasteiger partial charge in [0, 0.05) is 11.6 Å². The van der Waals surface area contributed by atoms with Crippen LogP contribution in [0.3, 0.4) is 0 Å². The second kappa shape index (κ2) is 5.75. The van der Waals surface area contributed by atoms with Gasteiger partial charge in [0.05, 0.1) is 15.4 Å². The van der Waals surface area contributed by atoms with Crippen molar-refractivity contribution < 1.29 is 14.3 Å². The molecule has 4 nitrogen and oxygen atoms in total. The molecule has 0 aliphatic heterocycles. The molecule has 0 radical (unpaired) electrons. The Balaban J connectivity index is 1.95. The topological polar surface area (TPSA) is 66.2 Å². The Kier molecular flexibility index (Phi) is 3.79. The molecule has 2 heterocycles. The normalized spacial score (nSPS) is 11.7. The molecule has 0 saturated carbocycles. The molecule has 2 N–H and O–H groups in total. The number of carboxylic acids is 1. The molecule has 0 saturated heterocycles. The van der Waals surface area contributed by atoms with Gasteiger partial charge in [-0.1, -0.05) is 18.7 Å².